The van der Waals surface area contributed by atoms with Crippen LogP contribution in [0.25, 0.3) is 0 Å². The molecule has 0 aliphatic carbocycles. The molecule has 2 heterocycles. The molecule has 82 valence electrons. The van der Waals surface area contributed by atoms with Crippen LogP contribution in [0.4, 0.5) is 5.82 Å². The molecule has 1 aliphatic rings. The van der Waals surface area contributed by atoms with Gasteiger partial charge in [0.05, 0.1) is 0 Å². The number of anilines is 1. The van der Waals surface area contributed by atoms with Gasteiger partial charge in [-0.05, 0) is 12.8 Å². The second-order valence-electron chi connectivity index (χ2n) is 3.46. The summed E-state index contributed by atoms with van der Waals surface area (Å²) in [5.41, 5.74) is 0. The molecule has 0 saturated carbocycles. The maximum atomic E-state index is 11.2. The molecule has 2 rings (SSSR count). The summed E-state index contributed by atoms with van der Waals surface area (Å²) in [7, 11) is -0.633. The lowest BCUT2D eigenvalue weighted by molar-refractivity contribution is 0.622. The topological polar surface area (TPSA) is 54.9 Å². The van der Waals surface area contributed by atoms with Gasteiger partial charge in [0, 0.05) is 40.7 Å². The van der Waals surface area contributed by atoms with Crippen LogP contribution >= 0.6 is 11.6 Å². The first-order valence-corrected chi connectivity index (χ1v) is 6.70. The zero-order valence-corrected chi connectivity index (χ0v) is 9.72. The first-order chi connectivity index (χ1) is 7.25. The minimum atomic E-state index is -0.633. The number of hydrogen-bond acceptors (Lipinski definition) is 4. The van der Waals surface area contributed by atoms with Crippen molar-refractivity contribution in [1.29, 1.82) is 0 Å². The van der Waals surface area contributed by atoms with E-state index in [4.69, 9.17) is 11.6 Å². The third kappa shape index (κ3) is 2.89. The molecule has 1 aliphatic heterocycles. The van der Waals surface area contributed by atoms with E-state index in [1.165, 1.54) is 0 Å². The van der Waals surface area contributed by atoms with Crippen molar-refractivity contribution in [3.05, 3.63) is 17.5 Å². The first-order valence-electron chi connectivity index (χ1n) is 4.84. The number of aromatic nitrogens is 2. The van der Waals surface area contributed by atoms with Crippen molar-refractivity contribution in [2.24, 2.45) is 0 Å². The molecule has 0 bridgehead atoms. The van der Waals surface area contributed by atoms with Crippen LogP contribution in [-0.2, 0) is 10.8 Å². The minimum Gasteiger partial charge on any atom is -0.365 e. The molecular weight excluding hydrogens is 234 g/mol. The third-order valence-corrected chi connectivity index (χ3v) is 4.04. The highest BCUT2D eigenvalue weighted by molar-refractivity contribution is 7.85. The number of hydrogen-bond donors (Lipinski definition) is 1. The Morgan fingerprint density at radius 2 is 2.00 bits per heavy atom. The largest absolute Gasteiger partial charge is 0.365 e. The summed E-state index contributed by atoms with van der Waals surface area (Å²) in [6.45, 7) is 0. The van der Waals surface area contributed by atoms with Crippen LogP contribution in [0.5, 0.6) is 0 Å². The molecule has 1 fully saturated rings. The molecule has 0 spiro atoms. The van der Waals surface area contributed by atoms with Gasteiger partial charge in [-0.15, -0.1) is 0 Å². The summed E-state index contributed by atoms with van der Waals surface area (Å²) in [6, 6.07) is 0.317. The second kappa shape index (κ2) is 4.90. The zero-order valence-electron chi connectivity index (χ0n) is 8.15. The van der Waals surface area contributed by atoms with E-state index in [-0.39, 0.29) is 0 Å². The molecular formula is C9H12ClN3OS. The summed E-state index contributed by atoms with van der Waals surface area (Å²) < 4.78 is 11.2. The molecule has 0 amide bonds. The Bertz CT molecular complexity index is 364. The quantitative estimate of drug-likeness (QED) is 0.857. The van der Waals surface area contributed by atoms with Crippen molar-refractivity contribution in [3.63, 3.8) is 0 Å². The van der Waals surface area contributed by atoms with Crippen LogP contribution in [0.3, 0.4) is 0 Å². The molecule has 1 N–H and O–H groups in total. The molecule has 0 radical (unpaired) electrons. The van der Waals surface area contributed by atoms with E-state index in [0.717, 1.165) is 24.3 Å². The highest BCUT2D eigenvalue weighted by atomic mass is 35.5. The van der Waals surface area contributed by atoms with E-state index in [2.05, 4.69) is 15.3 Å². The Hall–Kier alpha value is -0.680. The van der Waals surface area contributed by atoms with Crippen molar-refractivity contribution in [3.8, 4) is 0 Å². The van der Waals surface area contributed by atoms with Crippen molar-refractivity contribution in [2.75, 3.05) is 16.8 Å². The van der Waals surface area contributed by atoms with Gasteiger partial charge in [-0.25, -0.2) is 9.97 Å². The highest BCUT2D eigenvalue weighted by Gasteiger charge is 2.18. The zero-order chi connectivity index (χ0) is 10.7. The summed E-state index contributed by atoms with van der Waals surface area (Å²) in [4.78, 5) is 8.05. The van der Waals surface area contributed by atoms with Gasteiger partial charge in [-0.1, -0.05) is 11.6 Å². The number of rotatable bonds is 2. The smallest absolute Gasteiger partial charge is 0.171 e. The van der Waals surface area contributed by atoms with E-state index >= 15 is 0 Å². The third-order valence-electron chi connectivity index (χ3n) is 2.38. The van der Waals surface area contributed by atoms with E-state index in [0.29, 0.717) is 17.0 Å². The van der Waals surface area contributed by atoms with Gasteiger partial charge < -0.3 is 5.32 Å². The molecule has 0 aromatic carbocycles. The van der Waals surface area contributed by atoms with Crippen molar-refractivity contribution >= 4 is 28.2 Å². The predicted molar refractivity (Wildman–Crippen MR) is 61.6 cm³/mol. The number of nitrogens with zero attached hydrogens (tertiary/aromatic N) is 2. The van der Waals surface area contributed by atoms with Crippen molar-refractivity contribution in [2.45, 2.75) is 18.9 Å². The fourth-order valence-corrected chi connectivity index (χ4v) is 3.01. The summed E-state index contributed by atoms with van der Waals surface area (Å²) >= 11 is 5.88. The standard InChI is InChI=1S/C9H12ClN3OS/c10-8-9(12-4-3-11-8)13-7-1-5-15(14)6-2-7/h3-4,7H,1-2,5-6H2,(H,12,13). The molecule has 0 unspecified atom stereocenters. The van der Waals surface area contributed by atoms with E-state index in [1.807, 2.05) is 0 Å². The van der Waals surface area contributed by atoms with E-state index < -0.39 is 10.8 Å². The van der Waals surface area contributed by atoms with E-state index in [1.54, 1.807) is 12.4 Å². The van der Waals surface area contributed by atoms with Gasteiger partial charge in [0.2, 0.25) is 0 Å². The Labute approximate surface area is 95.9 Å². The monoisotopic (exact) mass is 245 g/mol. The maximum Gasteiger partial charge on any atom is 0.171 e. The summed E-state index contributed by atoms with van der Waals surface area (Å²) in [5, 5.41) is 3.62. The molecule has 0 atom stereocenters. The van der Waals surface area contributed by atoms with Crippen LogP contribution in [0.1, 0.15) is 12.8 Å². The average molecular weight is 246 g/mol. The van der Waals surface area contributed by atoms with Gasteiger partial charge in [-0.2, -0.15) is 0 Å². The Morgan fingerprint density at radius 1 is 1.33 bits per heavy atom. The Kier molecular flexibility index (Phi) is 3.53. The molecule has 4 nitrogen and oxygen atoms in total. The average Bonchev–Trinajstić information content (AvgIpc) is 2.25. The molecule has 15 heavy (non-hydrogen) atoms. The SMILES string of the molecule is O=S1CCC(Nc2nccnc2Cl)CC1. The number of nitrogens with one attached hydrogen (secondary N) is 1. The van der Waals surface area contributed by atoms with Crippen LogP contribution in [0.15, 0.2) is 12.4 Å². The maximum absolute atomic E-state index is 11.2. The lowest BCUT2D eigenvalue weighted by Gasteiger charge is -2.23. The highest BCUT2D eigenvalue weighted by Crippen LogP contribution is 2.19. The van der Waals surface area contributed by atoms with E-state index in [9.17, 15) is 4.21 Å². The fraction of sp³-hybridized carbons (Fsp3) is 0.556. The van der Waals surface area contributed by atoms with Crippen LogP contribution in [0, 0.1) is 0 Å². The van der Waals surface area contributed by atoms with Gasteiger partial charge in [0.15, 0.2) is 11.0 Å². The normalized spacial score (nSPS) is 26.2. The Morgan fingerprint density at radius 3 is 2.67 bits per heavy atom. The van der Waals surface area contributed by atoms with Gasteiger partial charge in [-0.3, -0.25) is 4.21 Å². The summed E-state index contributed by atoms with van der Waals surface area (Å²) in [5.74, 6) is 2.14. The lowest BCUT2D eigenvalue weighted by atomic mass is 10.1. The van der Waals surface area contributed by atoms with Crippen molar-refractivity contribution < 1.29 is 4.21 Å². The number of halogens is 1. The van der Waals surface area contributed by atoms with Crippen LogP contribution in [-0.4, -0.2) is 31.7 Å². The van der Waals surface area contributed by atoms with Gasteiger partial charge in [0.25, 0.3) is 0 Å². The molecule has 1 aromatic heterocycles. The Balaban J connectivity index is 1.97. The molecule has 1 aromatic rings. The molecule has 6 heteroatoms. The van der Waals surface area contributed by atoms with Gasteiger partial charge in [0.1, 0.15) is 0 Å². The second-order valence-corrected chi connectivity index (χ2v) is 5.52. The van der Waals surface area contributed by atoms with Gasteiger partial charge >= 0.3 is 0 Å². The van der Waals surface area contributed by atoms with Crippen LogP contribution < -0.4 is 5.32 Å². The lowest BCUT2D eigenvalue weighted by Crippen LogP contribution is -2.29. The predicted octanol–water partition coefficient (Wildman–Crippen LogP) is 1.45. The molecule has 1 saturated heterocycles. The van der Waals surface area contributed by atoms with Crippen LogP contribution in [0.2, 0.25) is 5.15 Å². The van der Waals surface area contributed by atoms with Crippen molar-refractivity contribution in [1.82, 2.24) is 9.97 Å². The summed E-state index contributed by atoms with van der Waals surface area (Å²) in [6.07, 6.45) is 4.97. The minimum absolute atomic E-state index is 0.317. The first kappa shape index (κ1) is 10.8. The fourth-order valence-electron chi connectivity index (χ4n) is 1.55.